The van der Waals surface area contributed by atoms with Crippen LogP contribution in [0.15, 0.2) is 12.1 Å². The first-order chi connectivity index (χ1) is 9.54. The van der Waals surface area contributed by atoms with E-state index in [4.69, 9.17) is 23.8 Å². The summed E-state index contributed by atoms with van der Waals surface area (Å²) < 4.78 is 16.3. The fraction of sp³-hybridized carbons (Fsp3) is 0.533. The number of H-pyrrole nitrogens is 1. The van der Waals surface area contributed by atoms with Gasteiger partial charge in [-0.2, -0.15) is 0 Å². The summed E-state index contributed by atoms with van der Waals surface area (Å²) >= 11 is 11.3. The van der Waals surface area contributed by atoms with Gasteiger partial charge >= 0.3 is 0 Å². The van der Waals surface area contributed by atoms with Crippen LogP contribution in [0.2, 0.25) is 5.02 Å². The minimum atomic E-state index is -0.409. The summed E-state index contributed by atoms with van der Waals surface area (Å²) in [6.07, 6.45) is 6.22. The van der Waals surface area contributed by atoms with Gasteiger partial charge in [-0.25, -0.2) is 4.39 Å². The van der Waals surface area contributed by atoms with Crippen LogP contribution in [-0.4, -0.2) is 9.55 Å². The topological polar surface area (TPSA) is 20.7 Å². The van der Waals surface area contributed by atoms with Crippen LogP contribution in [0.25, 0.3) is 11.0 Å². The van der Waals surface area contributed by atoms with Crippen molar-refractivity contribution in [3.05, 3.63) is 27.7 Å². The second kappa shape index (κ2) is 5.15. The lowest BCUT2D eigenvalue weighted by Crippen LogP contribution is -2.22. The molecule has 108 valence electrons. The molecule has 0 saturated heterocycles. The number of hydrogen-bond acceptors (Lipinski definition) is 1. The van der Waals surface area contributed by atoms with Crippen LogP contribution in [0.1, 0.15) is 39.0 Å². The normalized spacial score (nSPS) is 17.9. The maximum atomic E-state index is 13.5. The third-order valence-corrected chi connectivity index (χ3v) is 5.34. The third-order valence-electron chi connectivity index (χ3n) is 4.72. The number of nitrogens with zero attached hydrogens (tertiary/aromatic N) is 1. The van der Waals surface area contributed by atoms with Crippen LogP contribution in [0.3, 0.4) is 0 Å². The van der Waals surface area contributed by atoms with Crippen molar-refractivity contribution in [2.24, 2.45) is 5.41 Å². The Bertz CT molecular complexity index is 698. The van der Waals surface area contributed by atoms with E-state index in [0.717, 1.165) is 24.0 Å². The van der Waals surface area contributed by atoms with E-state index in [0.29, 0.717) is 10.2 Å². The lowest BCUT2D eigenvalue weighted by molar-refractivity contribution is 0.239. The zero-order valence-electron chi connectivity index (χ0n) is 11.5. The fourth-order valence-corrected chi connectivity index (χ4v) is 3.82. The highest BCUT2D eigenvalue weighted by Crippen LogP contribution is 2.43. The minimum absolute atomic E-state index is 0.150. The van der Waals surface area contributed by atoms with E-state index in [1.54, 1.807) is 6.07 Å². The smallest absolute Gasteiger partial charge is 0.178 e. The Morgan fingerprint density at radius 1 is 1.40 bits per heavy atom. The molecule has 5 heteroatoms. The van der Waals surface area contributed by atoms with Crippen molar-refractivity contribution in [1.82, 2.24) is 9.55 Å². The predicted molar refractivity (Wildman–Crippen MR) is 83.3 cm³/mol. The van der Waals surface area contributed by atoms with Crippen molar-refractivity contribution in [2.75, 3.05) is 0 Å². The van der Waals surface area contributed by atoms with Crippen LogP contribution >= 0.6 is 23.8 Å². The van der Waals surface area contributed by atoms with Crippen molar-refractivity contribution in [2.45, 2.75) is 45.6 Å². The Balaban J connectivity index is 2.09. The zero-order valence-corrected chi connectivity index (χ0v) is 13.1. The van der Waals surface area contributed by atoms with E-state index in [1.807, 2.05) is 0 Å². The molecule has 1 aromatic carbocycles. The molecule has 1 aliphatic rings. The van der Waals surface area contributed by atoms with Gasteiger partial charge in [0.05, 0.1) is 16.1 Å². The van der Waals surface area contributed by atoms with Crippen LogP contribution in [0.5, 0.6) is 0 Å². The molecular weight excluding hydrogens is 295 g/mol. The Hall–Kier alpha value is -0.870. The SMILES string of the molecule is CCC1(Cn2c(=S)[nH]c3cc(F)c(Cl)cc32)CCCC1. The first-order valence-electron chi connectivity index (χ1n) is 7.12. The molecular formula is C15H18ClFN2S. The van der Waals surface area contributed by atoms with Gasteiger partial charge < -0.3 is 9.55 Å². The van der Waals surface area contributed by atoms with Gasteiger partial charge in [-0.1, -0.05) is 31.4 Å². The fourth-order valence-electron chi connectivity index (χ4n) is 3.39. The maximum absolute atomic E-state index is 13.5. The Labute approximate surface area is 127 Å². The summed E-state index contributed by atoms with van der Waals surface area (Å²) in [5.74, 6) is -0.409. The highest BCUT2D eigenvalue weighted by atomic mass is 35.5. The quantitative estimate of drug-likeness (QED) is 0.746. The molecule has 2 aromatic rings. The summed E-state index contributed by atoms with van der Waals surface area (Å²) in [6, 6.07) is 3.11. The number of nitrogens with one attached hydrogen (secondary N) is 1. The lowest BCUT2D eigenvalue weighted by atomic mass is 9.83. The average Bonchev–Trinajstić information content (AvgIpc) is 2.99. The Morgan fingerprint density at radius 2 is 2.10 bits per heavy atom. The molecule has 0 amide bonds. The molecule has 1 aromatic heterocycles. The van der Waals surface area contributed by atoms with E-state index in [9.17, 15) is 4.39 Å². The van der Waals surface area contributed by atoms with Crippen LogP contribution in [0.4, 0.5) is 4.39 Å². The van der Waals surface area contributed by atoms with E-state index in [2.05, 4.69) is 16.5 Å². The monoisotopic (exact) mass is 312 g/mol. The van der Waals surface area contributed by atoms with Crippen LogP contribution in [-0.2, 0) is 6.54 Å². The van der Waals surface area contributed by atoms with Crippen LogP contribution in [0, 0.1) is 16.0 Å². The van der Waals surface area contributed by atoms with Gasteiger partial charge in [-0.05, 0) is 43.0 Å². The predicted octanol–water partition coefficient (Wildman–Crippen LogP) is 5.46. The van der Waals surface area contributed by atoms with Crippen molar-refractivity contribution in [3.63, 3.8) is 0 Å². The maximum Gasteiger partial charge on any atom is 0.178 e. The van der Waals surface area contributed by atoms with Crippen molar-refractivity contribution < 1.29 is 4.39 Å². The van der Waals surface area contributed by atoms with Gasteiger partial charge in [-0.3, -0.25) is 0 Å². The second-order valence-electron chi connectivity index (χ2n) is 5.86. The van der Waals surface area contributed by atoms with Gasteiger partial charge in [0.2, 0.25) is 0 Å². The molecule has 1 N–H and O–H groups in total. The van der Waals surface area contributed by atoms with E-state index in [1.165, 1.54) is 31.7 Å². The molecule has 0 radical (unpaired) electrons. The minimum Gasteiger partial charge on any atom is -0.330 e. The third kappa shape index (κ3) is 2.29. The highest BCUT2D eigenvalue weighted by Gasteiger charge is 2.33. The average molecular weight is 313 g/mol. The number of aromatic nitrogens is 2. The lowest BCUT2D eigenvalue weighted by Gasteiger charge is -2.28. The molecule has 2 nitrogen and oxygen atoms in total. The van der Waals surface area contributed by atoms with Crippen molar-refractivity contribution in [3.8, 4) is 0 Å². The van der Waals surface area contributed by atoms with Gasteiger partial charge in [0.1, 0.15) is 5.82 Å². The molecule has 0 bridgehead atoms. The summed E-state index contributed by atoms with van der Waals surface area (Å²) in [7, 11) is 0. The number of benzene rings is 1. The molecule has 0 spiro atoms. The summed E-state index contributed by atoms with van der Waals surface area (Å²) in [4.78, 5) is 3.09. The number of fused-ring (bicyclic) bond motifs is 1. The Morgan fingerprint density at radius 3 is 2.75 bits per heavy atom. The first-order valence-corrected chi connectivity index (χ1v) is 7.91. The molecule has 0 aliphatic heterocycles. The summed E-state index contributed by atoms with van der Waals surface area (Å²) in [5.41, 5.74) is 1.95. The van der Waals surface area contributed by atoms with Crippen molar-refractivity contribution in [1.29, 1.82) is 0 Å². The largest absolute Gasteiger partial charge is 0.330 e. The van der Waals surface area contributed by atoms with Gasteiger partial charge in [-0.15, -0.1) is 0 Å². The highest BCUT2D eigenvalue weighted by molar-refractivity contribution is 7.71. The van der Waals surface area contributed by atoms with Crippen molar-refractivity contribution >= 4 is 34.9 Å². The van der Waals surface area contributed by atoms with Gasteiger partial charge in [0, 0.05) is 12.6 Å². The summed E-state index contributed by atoms with van der Waals surface area (Å²) in [5, 5.41) is 0.150. The number of hydrogen-bond donors (Lipinski definition) is 1. The molecule has 1 saturated carbocycles. The second-order valence-corrected chi connectivity index (χ2v) is 6.65. The first kappa shape index (κ1) is 14.1. The molecule has 1 fully saturated rings. The summed E-state index contributed by atoms with van der Waals surface area (Å²) in [6.45, 7) is 3.14. The molecule has 3 rings (SSSR count). The van der Waals surface area contributed by atoms with E-state index >= 15 is 0 Å². The van der Waals surface area contributed by atoms with Crippen LogP contribution < -0.4 is 0 Å². The zero-order chi connectivity index (χ0) is 14.3. The number of aromatic amines is 1. The molecule has 0 unspecified atom stereocenters. The molecule has 20 heavy (non-hydrogen) atoms. The van der Waals surface area contributed by atoms with E-state index in [-0.39, 0.29) is 5.02 Å². The number of rotatable bonds is 3. The molecule has 0 atom stereocenters. The van der Waals surface area contributed by atoms with E-state index < -0.39 is 5.82 Å². The number of halogens is 2. The van der Waals surface area contributed by atoms with Gasteiger partial charge in [0.25, 0.3) is 0 Å². The number of imidazole rings is 1. The standard InChI is InChI=1S/C15H18ClFN2S/c1-2-15(5-3-4-6-15)9-19-13-7-10(16)11(17)8-12(13)18-14(19)20/h7-8H,2-6,9H2,1H3,(H,18,20). The Kier molecular flexibility index (Phi) is 3.63. The van der Waals surface area contributed by atoms with Gasteiger partial charge in [0.15, 0.2) is 4.77 Å². The molecule has 1 aliphatic carbocycles. The molecule has 1 heterocycles.